The quantitative estimate of drug-likeness (QED) is 0.775. The predicted octanol–water partition coefficient (Wildman–Crippen LogP) is 1.96. The first-order chi connectivity index (χ1) is 8.98. The van der Waals surface area contributed by atoms with Crippen molar-refractivity contribution in [3.63, 3.8) is 0 Å². The maximum atomic E-state index is 12.6. The normalized spacial score (nSPS) is 33.7. The lowest BCUT2D eigenvalue weighted by Gasteiger charge is -2.37. The third-order valence-electron chi connectivity index (χ3n) is 5.26. The summed E-state index contributed by atoms with van der Waals surface area (Å²) in [4.78, 5) is 26.6. The second kappa shape index (κ2) is 5.23. The lowest BCUT2D eigenvalue weighted by atomic mass is 9.92. The van der Waals surface area contributed by atoms with Crippen molar-refractivity contribution in [2.75, 3.05) is 6.61 Å². The van der Waals surface area contributed by atoms with Crippen LogP contribution in [0.4, 0.5) is 0 Å². The van der Waals surface area contributed by atoms with Crippen LogP contribution in [-0.4, -0.2) is 34.0 Å². The molecule has 0 radical (unpaired) electrons. The van der Waals surface area contributed by atoms with Crippen LogP contribution < -0.4 is 0 Å². The number of aliphatic hydroxyl groups excluding tert-OH is 1. The summed E-state index contributed by atoms with van der Waals surface area (Å²) in [6, 6.07) is 0. The van der Waals surface area contributed by atoms with E-state index in [1.54, 1.807) is 0 Å². The van der Waals surface area contributed by atoms with Crippen LogP contribution in [0.3, 0.4) is 0 Å². The highest BCUT2D eigenvalue weighted by molar-refractivity contribution is 6.06. The number of likely N-dealkylation sites (tertiary alicyclic amines) is 1. The molecule has 0 aromatic heterocycles. The average molecular weight is 267 g/mol. The Labute approximate surface area is 115 Å². The summed E-state index contributed by atoms with van der Waals surface area (Å²) in [6.07, 6.45) is 3.94. The van der Waals surface area contributed by atoms with Crippen LogP contribution in [-0.2, 0) is 9.59 Å². The van der Waals surface area contributed by atoms with E-state index < -0.39 is 5.54 Å². The van der Waals surface area contributed by atoms with Crippen molar-refractivity contribution in [1.82, 2.24) is 4.90 Å². The predicted molar refractivity (Wildman–Crippen MR) is 72.2 cm³/mol. The molecule has 0 spiro atoms. The molecule has 1 aliphatic carbocycles. The number of carbonyl (C=O) groups is 2. The molecule has 0 aromatic carbocycles. The van der Waals surface area contributed by atoms with Gasteiger partial charge in [0.1, 0.15) is 0 Å². The van der Waals surface area contributed by atoms with Gasteiger partial charge in [-0.05, 0) is 38.5 Å². The van der Waals surface area contributed by atoms with Gasteiger partial charge in [-0.1, -0.05) is 20.3 Å². The van der Waals surface area contributed by atoms with Gasteiger partial charge < -0.3 is 5.11 Å². The molecule has 1 aliphatic heterocycles. The number of amides is 2. The molecule has 0 aromatic rings. The van der Waals surface area contributed by atoms with E-state index in [0.717, 1.165) is 19.3 Å². The summed E-state index contributed by atoms with van der Waals surface area (Å²) in [7, 11) is 0. The van der Waals surface area contributed by atoms with Gasteiger partial charge in [-0.25, -0.2) is 0 Å². The fraction of sp³-hybridized carbons (Fsp3) is 0.867. The third-order valence-corrected chi connectivity index (χ3v) is 5.26. The van der Waals surface area contributed by atoms with E-state index in [9.17, 15) is 14.7 Å². The highest BCUT2D eigenvalue weighted by Crippen LogP contribution is 2.47. The van der Waals surface area contributed by atoms with E-state index in [0.29, 0.717) is 18.8 Å². The van der Waals surface area contributed by atoms with Crippen LogP contribution in [0.1, 0.15) is 52.9 Å². The van der Waals surface area contributed by atoms with E-state index in [-0.39, 0.29) is 30.3 Å². The number of aliphatic hydroxyl groups is 1. The number of carbonyl (C=O) groups excluding carboxylic acids is 2. The van der Waals surface area contributed by atoms with Crippen molar-refractivity contribution in [3.05, 3.63) is 0 Å². The van der Waals surface area contributed by atoms with E-state index in [2.05, 4.69) is 6.92 Å². The van der Waals surface area contributed by atoms with Gasteiger partial charge in [0.25, 0.3) is 0 Å². The Kier molecular flexibility index (Phi) is 4.00. The van der Waals surface area contributed by atoms with Crippen LogP contribution in [0, 0.1) is 17.8 Å². The van der Waals surface area contributed by atoms with Crippen molar-refractivity contribution in [2.45, 2.75) is 58.4 Å². The molecule has 1 N–H and O–H groups in total. The Morgan fingerprint density at radius 2 is 1.74 bits per heavy atom. The van der Waals surface area contributed by atoms with Crippen molar-refractivity contribution in [1.29, 1.82) is 0 Å². The second-order valence-electron chi connectivity index (χ2n) is 6.29. The van der Waals surface area contributed by atoms with Gasteiger partial charge >= 0.3 is 0 Å². The molecule has 4 nitrogen and oxygen atoms in total. The first-order valence-corrected chi connectivity index (χ1v) is 7.47. The van der Waals surface area contributed by atoms with E-state index in [1.807, 2.05) is 13.8 Å². The molecule has 2 aliphatic rings. The molecule has 2 fully saturated rings. The lowest BCUT2D eigenvalue weighted by molar-refractivity contribution is -0.148. The number of fused-ring (bicyclic) bond motifs is 1. The SMILES string of the molecule is CCC1CC2C(=O)N(C(C)(CC)CCO)C(=O)C2C1. The molecule has 108 valence electrons. The number of nitrogens with zero attached hydrogens (tertiary/aromatic N) is 1. The van der Waals surface area contributed by atoms with Gasteiger partial charge in [-0.15, -0.1) is 0 Å². The minimum Gasteiger partial charge on any atom is -0.396 e. The fourth-order valence-electron chi connectivity index (χ4n) is 3.68. The lowest BCUT2D eigenvalue weighted by Crippen LogP contribution is -2.50. The number of hydrogen-bond donors (Lipinski definition) is 1. The summed E-state index contributed by atoms with van der Waals surface area (Å²) < 4.78 is 0. The van der Waals surface area contributed by atoms with Gasteiger partial charge in [0.2, 0.25) is 11.8 Å². The summed E-state index contributed by atoms with van der Waals surface area (Å²) in [5.74, 6) is 0.340. The molecule has 1 saturated heterocycles. The van der Waals surface area contributed by atoms with Crippen molar-refractivity contribution < 1.29 is 14.7 Å². The van der Waals surface area contributed by atoms with Gasteiger partial charge in [0.15, 0.2) is 0 Å². The summed E-state index contributed by atoms with van der Waals surface area (Å²) >= 11 is 0. The zero-order chi connectivity index (χ0) is 14.2. The highest BCUT2D eigenvalue weighted by Gasteiger charge is 2.56. The number of imide groups is 1. The van der Waals surface area contributed by atoms with Crippen molar-refractivity contribution in [3.8, 4) is 0 Å². The van der Waals surface area contributed by atoms with Gasteiger partial charge in [-0.2, -0.15) is 0 Å². The van der Waals surface area contributed by atoms with Gasteiger partial charge in [-0.3, -0.25) is 14.5 Å². The molecule has 1 heterocycles. The topological polar surface area (TPSA) is 57.6 Å². The molecule has 2 rings (SSSR count). The molecule has 3 atom stereocenters. The zero-order valence-electron chi connectivity index (χ0n) is 12.2. The van der Waals surface area contributed by atoms with E-state index >= 15 is 0 Å². The Bertz CT molecular complexity index is 358. The molecule has 0 bridgehead atoms. The van der Waals surface area contributed by atoms with Crippen LogP contribution >= 0.6 is 0 Å². The summed E-state index contributed by atoms with van der Waals surface area (Å²) in [5, 5.41) is 9.20. The third kappa shape index (κ3) is 2.20. The zero-order valence-corrected chi connectivity index (χ0v) is 12.2. The summed E-state index contributed by atoms with van der Waals surface area (Å²) in [5.41, 5.74) is -0.519. The van der Waals surface area contributed by atoms with Gasteiger partial charge in [0, 0.05) is 12.1 Å². The summed E-state index contributed by atoms with van der Waals surface area (Å²) in [6.45, 7) is 6.02. The number of hydrogen-bond acceptors (Lipinski definition) is 3. The van der Waals surface area contributed by atoms with E-state index in [1.165, 1.54) is 4.90 Å². The molecule has 1 saturated carbocycles. The fourth-order valence-corrected chi connectivity index (χ4v) is 3.68. The maximum Gasteiger partial charge on any atom is 0.233 e. The van der Waals surface area contributed by atoms with E-state index in [4.69, 9.17) is 0 Å². The molecule has 3 unspecified atom stereocenters. The monoisotopic (exact) mass is 267 g/mol. The Balaban J connectivity index is 2.22. The smallest absolute Gasteiger partial charge is 0.233 e. The first kappa shape index (κ1) is 14.5. The number of rotatable bonds is 5. The van der Waals surface area contributed by atoms with Crippen LogP contribution in [0.15, 0.2) is 0 Å². The van der Waals surface area contributed by atoms with Crippen LogP contribution in [0.25, 0.3) is 0 Å². The Morgan fingerprint density at radius 3 is 2.11 bits per heavy atom. The van der Waals surface area contributed by atoms with Crippen LogP contribution in [0.2, 0.25) is 0 Å². The Hall–Kier alpha value is -0.900. The maximum absolute atomic E-state index is 12.6. The minimum absolute atomic E-state index is 0.00347. The molecular formula is C15H25NO3. The average Bonchev–Trinajstić information content (AvgIpc) is 2.91. The van der Waals surface area contributed by atoms with Gasteiger partial charge in [0.05, 0.1) is 11.8 Å². The highest BCUT2D eigenvalue weighted by atomic mass is 16.3. The molecule has 19 heavy (non-hydrogen) atoms. The second-order valence-corrected chi connectivity index (χ2v) is 6.29. The van der Waals surface area contributed by atoms with Crippen LogP contribution in [0.5, 0.6) is 0 Å². The largest absolute Gasteiger partial charge is 0.396 e. The van der Waals surface area contributed by atoms with Crippen molar-refractivity contribution in [2.24, 2.45) is 17.8 Å². The molecule has 2 amide bonds. The van der Waals surface area contributed by atoms with Crippen molar-refractivity contribution >= 4 is 11.8 Å². The molecule has 4 heteroatoms. The molecular weight excluding hydrogens is 242 g/mol. The first-order valence-electron chi connectivity index (χ1n) is 7.47. The standard InChI is InChI=1S/C15H25NO3/c1-4-10-8-11-12(9-10)14(19)16(13(11)18)15(3,5-2)6-7-17/h10-12,17H,4-9H2,1-3H3. The Morgan fingerprint density at radius 1 is 1.21 bits per heavy atom. The minimum atomic E-state index is -0.519.